The van der Waals surface area contributed by atoms with Crippen molar-refractivity contribution in [3.05, 3.63) is 36.5 Å². The average molecular weight is 871 g/mol. The third-order valence-corrected chi connectivity index (χ3v) is 11.9. The molecule has 362 valence electrons. The highest BCUT2D eigenvalue weighted by atomic mass is 16.6. The molecular weight excluding hydrogens is 769 g/mol. The first kappa shape index (κ1) is 59.6. The van der Waals surface area contributed by atoms with E-state index in [0.29, 0.717) is 25.7 Å². The van der Waals surface area contributed by atoms with E-state index in [2.05, 4.69) is 57.2 Å². The van der Waals surface area contributed by atoms with Crippen molar-refractivity contribution in [3.63, 3.8) is 0 Å². The molecule has 0 aromatic heterocycles. The quantitative estimate of drug-likeness (QED) is 0.0199. The monoisotopic (exact) mass is 871 g/mol. The second-order valence-electron chi connectivity index (χ2n) is 18.2. The molecule has 0 bridgehead atoms. The number of esters is 3. The highest BCUT2D eigenvalue weighted by Crippen LogP contribution is 2.16. The summed E-state index contributed by atoms with van der Waals surface area (Å²) in [6.07, 6.45) is 60.1. The topological polar surface area (TPSA) is 78.9 Å². The second-order valence-corrected chi connectivity index (χ2v) is 18.2. The third-order valence-electron chi connectivity index (χ3n) is 11.9. The Morgan fingerprint density at radius 2 is 0.597 bits per heavy atom. The summed E-state index contributed by atoms with van der Waals surface area (Å²) in [6.45, 7) is 6.58. The Morgan fingerprint density at radius 1 is 0.323 bits per heavy atom. The smallest absolute Gasteiger partial charge is 0.306 e. The van der Waals surface area contributed by atoms with E-state index in [1.807, 2.05) is 0 Å². The maximum Gasteiger partial charge on any atom is 0.306 e. The van der Waals surface area contributed by atoms with Crippen LogP contribution in [0.5, 0.6) is 0 Å². The van der Waals surface area contributed by atoms with Gasteiger partial charge in [-0.3, -0.25) is 14.4 Å². The van der Waals surface area contributed by atoms with Gasteiger partial charge in [0, 0.05) is 19.3 Å². The van der Waals surface area contributed by atoms with E-state index in [0.717, 1.165) is 64.2 Å². The van der Waals surface area contributed by atoms with E-state index in [1.165, 1.54) is 173 Å². The third kappa shape index (κ3) is 48.7. The number of hydrogen-bond donors (Lipinski definition) is 0. The number of rotatable bonds is 49. The number of unbranched alkanes of at least 4 members (excludes halogenated alkanes) is 33. The zero-order valence-electron chi connectivity index (χ0n) is 41.4. The highest BCUT2D eigenvalue weighted by molar-refractivity contribution is 5.71. The van der Waals surface area contributed by atoms with Crippen LogP contribution in [0.15, 0.2) is 36.5 Å². The predicted octanol–water partition coefficient (Wildman–Crippen LogP) is 17.7. The summed E-state index contributed by atoms with van der Waals surface area (Å²) >= 11 is 0. The van der Waals surface area contributed by atoms with Gasteiger partial charge in [0.05, 0.1) is 0 Å². The molecule has 0 aliphatic rings. The molecule has 0 fully saturated rings. The first-order chi connectivity index (χ1) is 30.5. The van der Waals surface area contributed by atoms with Gasteiger partial charge in [-0.05, 0) is 64.2 Å². The minimum atomic E-state index is -0.792. The maximum atomic E-state index is 12.8. The second kappa shape index (κ2) is 51.3. The summed E-state index contributed by atoms with van der Waals surface area (Å²) in [5, 5.41) is 0. The molecule has 1 unspecified atom stereocenters. The number of hydrogen-bond acceptors (Lipinski definition) is 6. The van der Waals surface area contributed by atoms with Gasteiger partial charge in [0.2, 0.25) is 0 Å². The molecular formula is C56H102O6. The van der Waals surface area contributed by atoms with Crippen LogP contribution in [0.25, 0.3) is 0 Å². The number of allylic oxidation sites excluding steroid dienone is 6. The zero-order valence-corrected chi connectivity index (χ0v) is 41.4. The molecule has 0 radical (unpaired) electrons. The normalized spacial score (nSPS) is 12.2. The standard InChI is InChI=1S/C56H102O6/c1-4-7-10-13-16-19-21-23-25-27-28-29-31-32-34-37-40-43-46-49-55(58)61-52-53(51-60-54(57)48-45-42-39-36-18-15-12-9-6-3)62-56(59)50-47-44-41-38-35-33-30-26-24-22-20-17-14-11-8-5-2/h26,30,33,35-36,39,53H,4-25,27-29,31-32,34,37-38,40-52H2,1-3H3/b30-26-,35-33-,39-36-. The van der Waals surface area contributed by atoms with Crippen LogP contribution in [0.4, 0.5) is 0 Å². The summed E-state index contributed by atoms with van der Waals surface area (Å²) in [4.78, 5) is 37.9. The molecule has 6 heteroatoms. The van der Waals surface area contributed by atoms with Crippen LogP contribution in [-0.2, 0) is 28.6 Å². The molecule has 0 heterocycles. The summed E-state index contributed by atoms with van der Waals surface area (Å²) in [6, 6.07) is 0. The SMILES string of the molecule is CCCCCC/C=C\CCCC(=O)OCC(COC(=O)CCCCCCCCCCCCCCCCCCCCC)OC(=O)CCCCC/C=C\C=C/CCCCCCCCC. The number of carbonyl (C=O) groups excluding carboxylic acids is 3. The van der Waals surface area contributed by atoms with Crippen LogP contribution >= 0.6 is 0 Å². The Hall–Kier alpha value is -2.37. The van der Waals surface area contributed by atoms with E-state index in [4.69, 9.17) is 14.2 Å². The van der Waals surface area contributed by atoms with E-state index in [9.17, 15) is 14.4 Å². The van der Waals surface area contributed by atoms with E-state index in [-0.39, 0.29) is 31.1 Å². The maximum absolute atomic E-state index is 12.8. The van der Waals surface area contributed by atoms with Gasteiger partial charge in [-0.15, -0.1) is 0 Å². The minimum Gasteiger partial charge on any atom is -0.462 e. The Labute approximate surface area is 385 Å². The molecule has 0 saturated heterocycles. The van der Waals surface area contributed by atoms with Crippen molar-refractivity contribution in [2.45, 2.75) is 290 Å². The van der Waals surface area contributed by atoms with Gasteiger partial charge in [0.15, 0.2) is 6.10 Å². The lowest BCUT2D eigenvalue weighted by Gasteiger charge is -2.18. The van der Waals surface area contributed by atoms with Crippen LogP contribution in [0.1, 0.15) is 284 Å². The van der Waals surface area contributed by atoms with Crippen LogP contribution in [0.3, 0.4) is 0 Å². The Morgan fingerprint density at radius 3 is 1.00 bits per heavy atom. The first-order valence-corrected chi connectivity index (χ1v) is 27.0. The molecule has 0 aliphatic heterocycles. The van der Waals surface area contributed by atoms with E-state index < -0.39 is 6.10 Å². The van der Waals surface area contributed by atoms with Gasteiger partial charge in [-0.1, -0.05) is 237 Å². The van der Waals surface area contributed by atoms with Gasteiger partial charge >= 0.3 is 17.9 Å². The van der Waals surface area contributed by atoms with Crippen LogP contribution in [0, 0.1) is 0 Å². The van der Waals surface area contributed by atoms with Gasteiger partial charge in [0.1, 0.15) is 13.2 Å². The van der Waals surface area contributed by atoms with Crippen molar-refractivity contribution in [1.82, 2.24) is 0 Å². The molecule has 0 rings (SSSR count). The van der Waals surface area contributed by atoms with Crippen molar-refractivity contribution in [3.8, 4) is 0 Å². The summed E-state index contributed by atoms with van der Waals surface area (Å²) in [7, 11) is 0. The summed E-state index contributed by atoms with van der Waals surface area (Å²) < 4.78 is 16.7. The Kier molecular flexibility index (Phi) is 49.3. The molecule has 6 nitrogen and oxygen atoms in total. The fourth-order valence-corrected chi connectivity index (χ4v) is 7.79. The van der Waals surface area contributed by atoms with Crippen molar-refractivity contribution in [1.29, 1.82) is 0 Å². The fourth-order valence-electron chi connectivity index (χ4n) is 7.79. The van der Waals surface area contributed by atoms with Crippen molar-refractivity contribution in [2.75, 3.05) is 13.2 Å². The molecule has 0 aromatic rings. The fraction of sp³-hybridized carbons (Fsp3) is 0.839. The van der Waals surface area contributed by atoms with E-state index >= 15 is 0 Å². The zero-order chi connectivity index (χ0) is 45.1. The minimum absolute atomic E-state index is 0.0883. The lowest BCUT2D eigenvalue weighted by atomic mass is 10.0. The first-order valence-electron chi connectivity index (χ1n) is 27.0. The number of carbonyl (C=O) groups is 3. The molecule has 62 heavy (non-hydrogen) atoms. The molecule has 0 N–H and O–H groups in total. The van der Waals surface area contributed by atoms with E-state index in [1.54, 1.807) is 0 Å². The van der Waals surface area contributed by atoms with Crippen molar-refractivity contribution < 1.29 is 28.6 Å². The lowest BCUT2D eigenvalue weighted by Crippen LogP contribution is -2.30. The van der Waals surface area contributed by atoms with Crippen molar-refractivity contribution >= 4 is 17.9 Å². The van der Waals surface area contributed by atoms with Gasteiger partial charge in [0.25, 0.3) is 0 Å². The molecule has 0 saturated carbocycles. The molecule has 0 spiro atoms. The Bertz CT molecular complexity index is 1050. The largest absolute Gasteiger partial charge is 0.462 e. The molecule has 1 atom stereocenters. The molecule has 0 amide bonds. The van der Waals surface area contributed by atoms with Crippen molar-refractivity contribution in [2.24, 2.45) is 0 Å². The van der Waals surface area contributed by atoms with Crippen LogP contribution in [0.2, 0.25) is 0 Å². The highest BCUT2D eigenvalue weighted by Gasteiger charge is 2.19. The lowest BCUT2D eigenvalue weighted by molar-refractivity contribution is -0.167. The summed E-state index contributed by atoms with van der Waals surface area (Å²) in [5.74, 6) is -0.941. The van der Waals surface area contributed by atoms with Crippen LogP contribution in [-0.4, -0.2) is 37.2 Å². The van der Waals surface area contributed by atoms with Crippen LogP contribution < -0.4 is 0 Å². The van der Waals surface area contributed by atoms with Gasteiger partial charge < -0.3 is 14.2 Å². The predicted molar refractivity (Wildman–Crippen MR) is 266 cm³/mol. The van der Waals surface area contributed by atoms with Gasteiger partial charge in [-0.2, -0.15) is 0 Å². The van der Waals surface area contributed by atoms with Gasteiger partial charge in [-0.25, -0.2) is 0 Å². The number of ether oxygens (including phenoxy) is 3. The molecule has 0 aliphatic carbocycles. The molecule has 0 aromatic carbocycles. The summed E-state index contributed by atoms with van der Waals surface area (Å²) in [5.41, 5.74) is 0. The Balaban J connectivity index is 4.31. The average Bonchev–Trinajstić information content (AvgIpc) is 3.27.